The maximum Gasteiger partial charge on any atom is 0.264 e. The predicted octanol–water partition coefficient (Wildman–Crippen LogP) is 6.57. The van der Waals surface area contributed by atoms with E-state index in [1.54, 1.807) is 23.1 Å². The van der Waals surface area contributed by atoms with E-state index in [0.29, 0.717) is 23.4 Å². The Morgan fingerprint density at radius 3 is 2.28 bits per heavy atom. The Balaban J connectivity index is 1.27. The van der Waals surface area contributed by atoms with Gasteiger partial charge in [-0.05, 0) is 86.1 Å². The van der Waals surface area contributed by atoms with Crippen LogP contribution in [0.2, 0.25) is 0 Å². The minimum absolute atomic E-state index is 0.0754. The maximum atomic E-state index is 14.5. The van der Waals surface area contributed by atoms with Crippen LogP contribution in [0, 0.1) is 24.7 Å². The molecule has 4 aromatic rings. The SMILES string of the molecule is Cc1cccc(C)c1-c1cc2nc(n1)NS(=O)(=O)c1cccc(c1)C(=O)N(Cc1ncc(N3CCC4(CC3)CC4)cn1)[C@H](CC(C)(C)C)CO2. The lowest BCUT2D eigenvalue weighted by Crippen LogP contribution is -2.45. The number of sulfonamides is 1. The first kappa shape index (κ1) is 33.9. The number of carbonyl (C=O) groups excluding carboxylic acids is 1. The standard InChI is InChI=1S/C38H45N7O4S/c1-25-8-6-9-26(2)34(25)31-19-33-42-36(41-31)43-50(47,48)30-11-7-10-27(18-30)35(46)45(28(24-49-33)20-37(3,4)5)23-32-39-21-29(22-40-32)44-16-14-38(12-13-38)15-17-44/h6-11,18-19,21-22,28H,12-17,20,23-24H2,1-5H3,(H,41,42,43)/t28-/m1/s1. The van der Waals surface area contributed by atoms with Gasteiger partial charge in [0.1, 0.15) is 12.4 Å². The van der Waals surface area contributed by atoms with E-state index in [1.807, 2.05) is 44.4 Å². The molecule has 1 spiro atoms. The zero-order chi connectivity index (χ0) is 35.3. The molecule has 2 aromatic heterocycles. The van der Waals surface area contributed by atoms with Gasteiger partial charge in [0.2, 0.25) is 11.8 Å². The number of aromatic nitrogens is 4. The van der Waals surface area contributed by atoms with Gasteiger partial charge in [0, 0.05) is 30.3 Å². The van der Waals surface area contributed by atoms with Crippen LogP contribution in [0.1, 0.15) is 80.2 Å². The van der Waals surface area contributed by atoms with Crippen molar-refractivity contribution in [3.63, 3.8) is 0 Å². The molecular weight excluding hydrogens is 651 g/mol. The average Bonchev–Trinajstić information content (AvgIpc) is 3.83. The number of fused-ring (bicyclic) bond motifs is 4. The van der Waals surface area contributed by atoms with Crippen molar-refractivity contribution in [1.82, 2.24) is 24.8 Å². The molecule has 4 heterocycles. The van der Waals surface area contributed by atoms with Crippen LogP contribution in [0.4, 0.5) is 11.6 Å². The van der Waals surface area contributed by atoms with E-state index in [1.165, 1.54) is 37.8 Å². The summed E-state index contributed by atoms with van der Waals surface area (Å²) in [5.41, 5.74) is 4.96. The van der Waals surface area contributed by atoms with Crippen LogP contribution in [-0.4, -0.2) is 64.9 Å². The number of rotatable bonds is 5. The van der Waals surface area contributed by atoms with Crippen molar-refractivity contribution >= 4 is 27.6 Å². The third-order valence-electron chi connectivity index (χ3n) is 10.2. The summed E-state index contributed by atoms with van der Waals surface area (Å²) in [4.78, 5) is 37.0. The molecule has 4 bridgehead atoms. The van der Waals surface area contributed by atoms with Crippen molar-refractivity contribution in [3.05, 3.63) is 83.4 Å². The number of hydrogen-bond donors (Lipinski definition) is 1. The lowest BCUT2D eigenvalue weighted by atomic mass is 9.87. The van der Waals surface area contributed by atoms with Gasteiger partial charge in [-0.25, -0.2) is 28.1 Å². The second kappa shape index (κ2) is 12.9. The normalized spacial score (nSPS) is 19.9. The zero-order valence-electron chi connectivity index (χ0n) is 29.4. The van der Waals surface area contributed by atoms with Gasteiger partial charge in [0.05, 0.1) is 41.3 Å². The Labute approximate surface area is 294 Å². The number of amides is 1. The smallest absolute Gasteiger partial charge is 0.264 e. The van der Waals surface area contributed by atoms with E-state index < -0.39 is 16.1 Å². The molecule has 1 saturated heterocycles. The lowest BCUT2D eigenvalue weighted by Gasteiger charge is -2.35. The van der Waals surface area contributed by atoms with Crippen LogP contribution >= 0.6 is 0 Å². The summed E-state index contributed by atoms with van der Waals surface area (Å²) in [6, 6.07) is 13.3. The predicted molar refractivity (Wildman–Crippen MR) is 193 cm³/mol. The molecule has 2 fully saturated rings. The molecule has 1 N–H and O–H groups in total. The van der Waals surface area contributed by atoms with Crippen molar-refractivity contribution in [2.45, 2.75) is 84.2 Å². The molecule has 0 radical (unpaired) electrons. The minimum atomic E-state index is -4.17. The van der Waals surface area contributed by atoms with Crippen LogP contribution in [-0.2, 0) is 16.6 Å². The van der Waals surface area contributed by atoms with E-state index in [4.69, 9.17) is 14.7 Å². The van der Waals surface area contributed by atoms with Gasteiger partial charge >= 0.3 is 0 Å². The zero-order valence-corrected chi connectivity index (χ0v) is 30.3. The molecule has 1 atom stereocenters. The molecule has 1 aliphatic carbocycles. The molecule has 1 amide bonds. The average molecular weight is 696 g/mol. The van der Waals surface area contributed by atoms with Crippen molar-refractivity contribution in [2.24, 2.45) is 10.8 Å². The van der Waals surface area contributed by atoms with Crippen LogP contribution in [0.15, 0.2) is 65.8 Å². The van der Waals surface area contributed by atoms with Crippen LogP contribution in [0.25, 0.3) is 11.3 Å². The Morgan fingerprint density at radius 2 is 1.62 bits per heavy atom. The first-order valence-electron chi connectivity index (χ1n) is 17.4. The number of hydrogen-bond acceptors (Lipinski definition) is 9. The lowest BCUT2D eigenvalue weighted by molar-refractivity contribution is 0.0505. The van der Waals surface area contributed by atoms with Crippen LogP contribution in [0.3, 0.4) is 0 Å². The maximum absolute atomic E-state index is 14.5. The van der Waals surface area contributed by atoms with Gasteiger partial charge in [-0.15, -0.1) is 0 Å². The van der Waals surface area contributed by atoms with Gasteiger partial charge in [-0.3, -0.25) is 4.79 Å². The van der Waals surface area contributed by atoms with Crippen LogP contribution < -0.4 is 14.4 Å². The summed E-state index contributed by atoms with van der Waals surface area (Å²) in [6.07, 6.45) is 9.39. The van der Waals surface area contributed by atoms with Crippen molar-refractivity contribution < 1.29 is 17.9 Å². The fourth-order valence-corrected chi connectivity index (χ4v) is 8.20. The number of aryl methyl sites for hydroxylation is 2. The van der Waals surface area contributed by atoms with Gasteiger partial charge in [0.15, 0.2) is 0 Å². The minimum Gasteiger partial charge on any atom is -0.475 e. The third kappa shape index (κ3) is 7.31. The number of anilines is 2. The van der Waals surface area contributed by atoms with Crippen molar-refractivity contribution in [1.29, 1.82) is 0 Å². The van der Waals surface area contributed by atoms with Gasteiger partial charge in [-0.1, -0.05) is 45.0 Å². The van der Waals surface area contributed by atoms with E-state index in [0.717, 1.165) is 35.5 Å². The summed E-state index contributed by atoms with van der Waals surface area (Å²) in [6.45, 7) is 12.5. The molecule has 50 heavy (non-hydrogen) atoms. The molecule has 2 aliphatic heterocycles. The summed E-state index contributed by atoms with van der Waals surface area (Å²) in [5, 5.41) is 0. The summed E-state index contributed by atoms with van der Waals surface area (Å²) < 4.78 is 36.3. The Morgan fingerprint density at radius 1 is 0.940 bits per heavy atom. The quantitative estimate of drug-likeness (QED) is 0.246. The van der Waals surface area contributed by atoms with Gasteiger partial charge < -0.3 is 14.5 Å². The number of nitrogens with one attached hydrogen (secondary N) is 1. The Hall–Kier alpha value is -4.58. The molecule has 0 unspecified atom stereocenters. The largest absolute Gasteiger partial charge is 0.475 e. The Bertz CT molecular complexity index is 1990. The fourth-order valence-electron chi connectivity index (χ4n) is 7.21. The van der Waals surface area contributed by atoms with Gasteiger partial charge in [0.25, 0.3) is 15.9 Å². The number of ether oxygens (including phenoxy) is 1. The summed E-state index contributed by atoms with van der Waals surface area (Å²) in [5.74, 6) is 0.234. The number of carbonyl (C=O) groups is 1. The molecule has 1 saturated carbocycles. The monoisotopic (exact) mass is 695 g/mol. The number of nitrogens with zero attached hydrogens (tertiary/aromatic N) is 6. The van der Waals surface area contributed by atoms with E-state index in [2.05, 4.69) is 40.4 Å². The first-order valence-corrected chi connectivity index (χ1v) is 18.8. The second-order valence-electron chi connectivity index (χ2n) is 15.3. The molecule has 11 nitrogen and oxygen atoms in total. The molecule has 7 rings (SSSR count). The second-order valence-corrected chi connectivity index (χ2v) is 17.0. The topological polar surface area (TPSA) is 131 Å². The van der Waals surface area contributed by atoms with E-state index >= 15 is 0 Å². The number of benzene rings is 2. The highest BCUT2D eigenvalue weighted by Gasteiger charge is 2.44. The highest BCUT2D eigenvalue weighted by Crippen LogP contribution is 2.53. The third-order valence-corrected chi connectivity index (χ3v) is 11.5. The van der Waals surface area contributed by atoms with Crippen molar-refractivity contribution in [3.8, 4) is 17.1 Å². The van der Waals surface area contributed by atoms with E-state index in [9.17, 15) is 13.2 Å². The highest BCUT2D eigenvalue weighted by molar-refractivity contribution is 7.92. The molecule has 12 heteroatoms. The fraction of sp³-hybridized carbons (Fsp3) is 0.447. The van der Waals surface area contributed by atoms with Crippen molar-refractivity contribution in [2.75, 3.05) is 29.3 Å². The van der Waals surface area contributed by atoms with Crippen LogP contribution in [0.5, 0.6) is 5.88 Å². The number of piperidine rings is 1. The highest BCUT2D eigenvalue weighted by atomic mass is 32.2. The summed E-state index contributed by atoms with van der Waals surface area (Å²) in [7, 11) is -4.17. The first-order chi connectivity index (χ1) is 23.8. The molecule has 2 aromatic carbocycles. The molecule has 262 valence electrons. The summed E-state index contributed by atoms with van der Waals surface area (Å²) >= 11 is 0. The molecule has 3 aliphatic rings. The van der Waals surface area contributed by atoms with Gasteiger partial charge in [-0.2, -0.15) is 4.98 Å². The van der Waals surface area contributed by atoms with E-state index in [-0.39, 0.29) is 46.8 Å². The Kier molecular flexibility index (Phi) is 8.78. The molecular formula is C38H45N7O4S.